The van der Waals surface area contributed by atoms with Crippen LogP contribution < -0.4 is 21.4 Å². The van der Waals surface area contributed by atoms with Gasteiger partial charge < -0.3 is 5.73 Å². The van der Waals surface area contributed by atoms with Crippen LogP contribution in [0.2, 0.25) is 0 Å². The van der Waals surface area contributed by atoms with Crippen LogP contribution in [0, 0.1) is 0 Å². The lowest BCUT2D eigenvalue weighted by molar-refractivity contribution is 0.718. The number of allylic oxidation sites excluding steroid dienone is 4. The molecule has 8 heteroatoms. The lowest BCUT2D eigenvalue weighted by Gasteiger charge is -2.20. The monoisotopic (exact) mass is 446 g/mol. The number of hydrazone groups is 1. The minimum Gasteiger partial charge on any atom is -0.368 e. The second-order valence-corrected chi connectivity index (χ2v) is 7.36. The molecule has 0 fully saturated rings. The van der Waals surface area contributed by atoms with Crippen LogP contribution in [0.4, 0.5) is 17.1 Å². The van der Waals surface area contributed by atoms with Crippen molar-refractivity contribution in [1.29, 1.82) is 0 Å². The third-order valence-corrected chi connectivity index (χ3v) is 4.92. The molecule has 1 aliphatic heterocycles. The molecule has 2 aliphatic rings. The number of aliphatic imine (C=N–C) groups is 3. The van der Waals surface area contributed by atoms with Gasteiger partial charge in [-0.15, -0.1) is 10.6 Å². The number of benzene rings is 3. The Morgan fingerprint density at radius 2 is 1.26 bits per heavy atom. The molecule has 0 saturated heterocycles. The van der Waals surface area contributed by atoms with Gasteiger partial charge in [-0.3, -0.25) is 0 Å². The van der Waals surface area contributed by atoms with Gasteiger partial charge in [-0.1, -0.05) is 54.6 Å². The first-order chi connectivity index (χ1) is 16.7. The first-order valence-corrected chi connectivity index (χ1v) is 10.7. The molecule has 1 aliphatic carbocycles. The maximum absolute atomic E-state index is 5.98. The minimum atomic E-state index is 0.189. The number of hydrogen-bond acceptors (Lipinski definition) is 6. The molecule has 1 heterocycles. The van der Waals surface area contributed by atoms with E-state index in [0.29, 0.717) is 11.7 Å². The number of nitrogens with two attached hydrogens (primary N) is 1. The van der Waals surface area contributed by atoms with Gasteiger partial charge in [0.15, 0.2) is 0 Å². The predicted octanol–water partition coefficient (Wildman–Crippen LogP) is 4.36. The summed E-state index contributed by atoms with van der Waals surface area (Å²) >= 11 is 0. The van der Waals surface area contributed by atoms with Crippen LogP contribution in [0.1, 0.15) is 0 Å². The molecular formula is C26H22N8. The average Bonchev–Trinajstić information content (AvgIpc) is 3.31. The van der Waals surface area contributed by atoms with E-state index in [2.05, 4.69) is 20.6 Å². The van der Waals surface area contributed by atoms with Gasteiger partial charge in [0, 0.05) is 0 Å². The van der Waals surface area contributed by atoms with Gasteiger partial charge in [-0.25, -0.2) is 20.0 Å². The van der Waals surface area contributed by atoms with E-state index in [1.807, 2.05) is 120 Å². The molecule has 0 atom stereocenters. The van der Waals surface area contributed by atoms with Gasteiger partial charge in [-0.2, -0.15) is 5.12 Å². The van der Waals surface area contributed by atoms with Crippen LogP contribution in [-0.2, 0) is 0 Å². The minimum absolute atomic E-state index is 0.189. The number of rotatable bonds is 3. The molecule has 0 bridgehead atoms. The topological polar surface area (TPSA) is 94.0 Å². The van der Waals surface area contributed by atoms with Crippen LogP contribution in [0.5, 0.6) is 0 Å². The van der Waals surface area contributed by atoms with Crippen molar-refractivity contribution in [2.45, 2.75) is 0 Å². The maximum atomic E-state index is 5.98. The zero-order valence-corrected chi connectivity index (χ0v) is 18.2. The Morgan fingerprint density at radius 1 is 0.706 bits per heavy atom. The highest BCUT2D eigenvalue weighted by Crippen LogP contribution is 2.21. The molecule has 0 aromatic heterocycles. The Balaban J connectivity index is 1.38. The molecule has 3 aromatic rings. The molecule has 0 radical (unpaired) electrons. The quantitative estimate of drug-likeness (QED) is 0.355. The Labute approximate surface area is 197 Å². The van der Waals surface area contributed by atoms with Crippen molar-refractivity contribution in [2.24, 2.45) is 25.8 Å². The first kappa shape index (κ1) is 21.0. The normalized spacial score (nSPS) is 15.5. The van der Waals surface area contributed by atoms with Crippen LogP contribution >= 0.6 is 0 Å². The highest BCUT2D eigenvalue weighted by atomic mass is 15.9. The summed E-state index contributed by atoms with van der Waals surface area (Å²) in [6, 6.07) is 29.2. The van der Waals surface area contributed by atoms with Crippen molar-refractivity contribution < 1.29 is 0 Å². The summed E-state index contributed by atoms with van der Waals surface area (Å²) in [6.07, 6.45) is 7.42. The van der Waals surface area contributed by atoms with Gasteiger partial charge in [0.25, 0.3) is 5.96 Å². The van der Waals surface area contributed by atoms with Gasteiger partial charge in [0.05, 0.1) is 28.5 Å². The van der Waals surface area contributed by atoms with Gasteiger partial charge >= 0.3 is 0 Å². The van der Waals surface area contributed by atoms with E-state index < -0.39 is 0 Å². The predicted molar refractivity (Wildman–Crippen MR) is 139 cm³/mol. The fraction of sp³-hybridized carbons (Fsp3) is 0. The number of para-hydroxylation sites is 3. The van der Waals surface area contributed by atoms with Crippen molar-refractivity contribution in [1.82, 2.24) is 5.53 Å². The van der Waals surface area contributed by atoms with E-state index in [0.717, 1.165) is 22.8 Å². The van der Waals surface area contributed by atoms with Gasteiger partial charge in [-0.05, 0) is 60.7 Å². The Bertz CT molecular complexity index is 1300. The Hall–Kier alpha value is -4.82. The summed E-state index contributed by atoms with van der Waals surface area (Å²) in [7, 11) is 0. The average molecular weight is 447 g/mol. The van der Waals surface area contributed by atoms with Gasteiger partial charge in [0.2, 0.25) is 5.96 Å². The number of nitrogens with one attached hydrogen (secondary N) is 1. The van der Waals surface area contributed by atoms with Crippen molar-refractivity contribution in [2.75, 3.05) is 10.1 Å². The third-order valence-electron chi connectivity index (χ3n) is 4.92. The highest BCUT2D eigenvalue weighted by molar-refractivity contribution is 6.23. The number of anilines is 2. The Kier molecular flexibility index (Phi) is 6.04. The molecule has 0 saturated carbocycles. The molecule has 0 amide bonds. The van der Waals surface area contributed by atoms with E-state index in [1.54, 1.807) is 5.12 Å². The fourth-order valence-corrected chi connectivity index (χ4v) is 3.31. The molecule has 166 valence electrons. The third kappa shape index (κ3) is 4.98. The van der Waals surface area contributed by atoms with Crippen molar-refractivity contribution in [3.63, 3.8) is 0 Å². The Morgan fingerprint density at radius 3 is 1.91 bits per heavy atom. The summed E-state index contributed by atoms with van der Waals surface area (Å²) in [5, 5.41) is 8.18. The molecule has 34 heavy (non-hydrogen) atoms. The smallest absolute Gasteiger partial charge is 0.266 e. The lowest BCUT2D eigenvalue weighted by atomic mass is 10.1. The molecule has 3 aromatic carbocycles. The number of nitrogens with zero attached hydrogens (tertiary/aromatic N) is 6. The summed E-state index contributed by atoms with van der Waals surface area (Å²) in [6.45, 7) is 0. The number of hydrazine groups is 2. The molecule has 3 N–H and O–H groups in total. The summed E-state index contributed by atoms with van der Waals surface area (Å²) in [5.74, 6) is 0.693. The van der Waals surface area contributed by atoms with E-state index in [4.69, 9.17) is 10.7 Å². The van der Waals surface area contributed by atoms with Crippen LogP contribution in [-0.4, -0.2) is 23.3 Å². The van der Waals surface area contributed by atoms with E-state index >= 15 is 0 Å². The second kappa shape index (κ2) is 9.76. The van der Waals surface area contributed by atoms with Crippen LogP contribution in [0.15, 0.2) is 135 Å². The molecule has 8 nitrogen and oxygen atoms in total. The number of hydrogen-bond donors (Lipinski definition) is 2. The summed E-state index contributed by atoms with van der Waals surface area (Å²) < 4.78 is 0. The van der Waals surface area contributed by atoms with Crippen molar-refractivity contribution in [3.8, 4) is 0 Å². The van der Waals surface area contributed by atoms with Gasteiger partial charge in [0.1, 0.15) is 0 Å². The fourth-order valence-electron chi connectivity index (χ4n) is 3.31. The lowest BCUT2D eigenvalue weighted by Crippen LogP contribution is -2.43. The first-order valence-electron chi connectivity index (χ1n) is 10.7. The second-order valence-electron chi connectivity index (χ2n) is 7.36. The molecule has 0 unspecified atom stereocenters. The molecule has 0 spiro atoms. The zero-order chi connectivity index (χ0) is 23.2. The largest absolute Gasteiger partial charge is 0.368 e. The van der Waals surface area contributed by atoms with Crippen LogP contribution in [0.3, 0.4) is 0 Å². The SMILES string of the molecule is NC(N=C1C=CC(=NC2=NN(c3ccccc3)NN2c2ccccc2)C=C1)=Nc1ccccc1. The molecule has 5 rings (SSSR count). The molecular weight excluding hydrogens is 424 g/mol. The zero-order valence-electron chi connectivity index (χ0n) is 18.2. The van der Waals surface area contributed by atoms with E-state index in [9.17, 15) is 0 Å². The summed E-state index contributed by atoms with van der Waals surface area (Å²) in [5.41, 5.74) is 13.2. The summed E-state index contributed by atoms with van der Waals surface area (Å²) in [4.78, 5) is 13.4. The van der Waals surface area contributed by atoms with Crippen LogP contribution in [0.25, 0.3) is 0 Å². The standard InChI is InChI=1S/C26H22N8/c27-25(28-20-10-4-1-5-11-20)29-21-16-18-22(19-17-21)30-26-31-34(24-14-8-3-9-15-24)32-33(26)23-12-6-2-7-13-23/h1-19,32H,(H2,27,28). The van der Waals surface area contributed by atoms with E-state index in [-0.39, 0.29) is 5.96 Å². The highest BCUT2D eigenvalue weighted by Gasteiger charge is 2.25. The van der Waals surface area contributed by atoms with Crippen molar-refractivity contribution >= 4 is 40.4 Å². The number of guanidine groups is 2. The maximum Gasteiger partial charge on any atom is 0.266 e. The van der Waals surface area contributed by atoms with Crippen molar-refractivity contribution in [3.05, 3.63) is 115 Å². The van der Waals surface area contributed by atoms with E-state index in [1.165, 1.54) is 0 Å².